The van der Waals surface area contributed by atoms with Crippen molar-refractivity contribution in [1.29, 1.82) is 5.26 Å². The Morgan fingerprint density at radius 3 is 3.06 bits per heavy atom. The van der Waals surface area contributed by atoms with Crippen molar-refractivity contribution in [2.24, 2.45) is 4.99 Å². The second-order valence-electron chi connectivity index (χ2n) is 3.27. The Bertz CT molecular complexity index is 614. The van der Waals surface area contributed by atoms with Crippen LogP contribution in [0.4, 0.5) is 5.82 Å². The standard InChI is InChI=1S/C12H10N4/c1-3-4-9-10-5-8(6-13)15-7-11(10)16-12(9)14-2/h3-5,7,16H,2H2,1H3/b4-3-. The van der Waals surface area contributed by atoms with Crippen LogP contribution < -0.4 is 0 Å². The molecule has 2 heterocycles. The van der Waals surface area contributed by atoms with Crippen LogP contribution in [0.3, 0.4) is 0 Å². The number of hydrogen-bond acceptors (Lipinski definition) is 3. The minimum atomic E-state index is 0.396. The Kier molecular flexibility index (Phi) is 2.52. The third-order valence-corrected chi connectivity index (χ3v) is 2.31. The molecular formula is C12H10N4. The van der Waals surface area contributed by atoms with Gasteiger partial charge in [-0.25, -0.2) is 9.98 Å². The van der Waals surface area contributed by atoms with Gasteiger partial charge in [0.25, 0.3) is 0 Å². The van der Waals surface area contributed by atoms with Crippen LogP contribution in [0.1, 0.15) is 18.2 Å². The first-order valence-corrected chi connectivity index (χ1v) is 4.81. The summed E-state index contributed by atoms with van der Waals surface area (Å²) in [6, 6.07) is 3.77. The van der Waals surface area contributed by atoms with E-state index in [0.717, 1.165) is 16.5 Å². The maximum absolute atomic E-state index is 8.81. The molecule has 0 radical (unpaired) electrons. The second kappa shape index (κ2) is 3.99. The maximum atomic E-state index is 8.81. The molecule has 0 fully saturated rings. The van der Waals surface area contributed by atoms with E-state index >= 15 is 0 Å². The van der Waals surface area contributed by atoms with Gasteiger partial charge in [-0.15, -0.1) is 0 Å². The predicted octanol–water partition coefficient (Wildman–Crippen LogP) is 2.80. The molecular weight excluding hydrogens is 200 g/mol. The summed E-state index contributed by atoms with van der Waals surface area (Å²) in [5.41, 5.74) is 2.19. The zero-order chi connectivity index (χ0) is 11.5. The molecule has 2 rings (SSSR count). The Balaban J connectivity index is 2.81. The molecule has 0 atom stereocenters. The van der Waals surface area contributed by atoms with E-state index in [4.69, 9.17) is 5.26 Å². The normalized spacial score (nSPS) is 10.8. The van der Waals surface area contributed by atoms with Gasteiger partial charge in [0.1, 0.15) is 17.6 Å². The summed E-state index contributed by atoms with van der Waals surface area (Å²) in [6.45, 7) is 5.44. The van der Waals surface area contributed by atoms with Gasteiger partial charge in [0.2, 0.25) is 0 Å². The number of pyridine rings is 1. The number of H-pyrrole nitrogens is 1. The zero-order valence-corrected chi connectivity index (χ0v) is 8.86. The second-order valence-corrected chi connectivity index (χ2v) is 3.27. The van der Waals surface area contributed by atoms with Crippen LogP contribution in [0.5, 0.6) is 0 Å². The average molecular weight is 210 g/mol. The van der Waals surface area contributed by atoms with Gasteiger partial charge in [-0.1, -0.05) is 12.2 Å². The minimum Gasteiger partial charge on any atom is -0.338 e. The molecule has 2 aromatic heterocycles. The van der Waals surface area contributed by atoms with Gasteiger partial charge in [0.15, 0.2) is 0 Å². The highest BCUT2D eigenvalue weighted by Gasteiger charge is 2.08. The molecule has 78 valence electrons. The van der Waals surface area contributed by atoms with E-state index in [9.17, 15) is 0 Å². The fourth-order valence-corrected chi connectivity index (χ4v) is 1.62. The van der Waals surface area contributed by atoms with E-state index < -0.39 is 0 Å². The molecule has 4 heteroatoms. The molecule has 0 aliphatic carbocycles. The third-order valence-electron chi connectivity index (χ3n) is 2.31. The van der Waals surface area contributed by atoms with E-state index in [-0.39, 0.29) is 0 Å². The lowest BCUT2D eigenvalue weighted by molar-refractivity contribution is 1.27. The van der Waals surface area contributed by atoms with E-state index in [1.165, 1.54) is 0 Å². The molecule has 4 nitrogen and oxygen atoms in total. The largest absolute Gasteiger partial charge is 0.338 e. The number of nitrogens with zero attached hydrogens (tertiary/aromatic N) is 3. The third kappa shape index (κ3) is 1.48. The summed E-state index contributed by atoms with van der Waals surface area (Å²) >= 11 is 0. The monoisotopic (exact) mass is 210 g/mol. The van der Waals surface area contributed by atoms with E-state index in [0.29, 0.717) is 11.5 Å². The number of rotatable bonds is 2. The molecule has 0 bridgehead atoms. The van der Waals surface area contributed by atoms with Gasteiger partial charge < -0.3 is 4.98 Å². The fourth-order valence-electron chi connectivity index (χ4n) is 1.62. The summed E-state index contributed by atoms with van der Waals surface area (Å²) in [7, 11) is 0. The number of hydrogen-bond donors (Lipinski definition) is 1. The number of allylic oxidation sites excluding steroid dienone is 1. The predicted molar refractivity (Wildman–Crippen MR) is 64.7 cm³/mol. The first kappa shape index (κ1) is 10.1. The van der Waals surface area contributed by atoms with Crippen LogP contribution in [0.25, 0.3) is 17.0 Å². The van der Waals surface area contributed by atoms with Crippen molar-refractivity contribution in [3.8, 4) is 6.07 Å². The van der Waals surface area contributed by atoms with Crippen molar-refractivity contribution < 1.29 is 0 Å². The number of aromatic nitrogens is 2. The van der Waals surface area contributed by atoms with Gasteiger partial charge in [-0.3, -0.25) is 0 Å². The summed E-state index contributed by atoms with van der Waals surface area (Å²) in [4.78, 5) is 11.0. The highest BCUT2D eigenvalue weighted by Crippen LogP contribution is 2.29. The molecule has 0 saturated heterocycles. The van der Waals surface area contributed by atoms with Crippen molar-refractivity contribution >= 4 is 29.5 Å². The lowest BCUT2D eigenvalue weighted by Crippen LogP contribution is -1.80. The fraction of sp³-hybridized carbons (Fsp3) is 0.0833. The molecule has 0 spiro atoms. The van der Waals surface area contributed by atoms with Crippen molar-refractivity contribution in [2.45, 2.75) is 6.92 Å². The number of aliphatic imine (C=N–C) groups is 1. The van der Waals surface area contributed by atoms with Gasteiger partial charge in [-0.05, 0) is 19.7 Å². The van der Waals surface area contributed by atoms with Gasteiger partial charge in [0, 0.05) is 10.9 Å². The smallest absolute Gasteiger partial charge is 0.141 e. The lowest BCUT2D eigenvalue weighted by atomic mass is 10.1. The number of fused-ring (bicyclic) bond motifs is 1. The van der Waals surface area contributed by atoms with Crippen LogP contribution in [-0.2, 0) is 0 Å². The molecule has 2 aromatic rings. The van der Waals surface area contributed by atoms with E-state index in [1.54, 1.807) is 12.3 Å². The topological polar surface area (TPSA) is 64.8 Å². The summed E-state index contributed by atoms with van der Waals surface area (Å²) in [5, 5.41) is 9.74. The quantitative estimate of drug-likeness (QED) is 0.774. The van der Waals surface area contributed by atoms with Crippen molar-refractivity contribution in [3.05, 3.63) is 29.6 Å². The maximum Gasteiger partial charge on any atom is 0.141 e. The average Bonchev–Trinajstić information content (AvgIpc) is 2.67. The molecule has 0 unspecified atom stereocenters. The Morgan fingerprint density at radius 2 is 2.44 bits per heavy atom. The summed E-state index contributed by atoms with van der Waals surface area (Å²) < 4.78 is 0. The van der Waals surface area contributed by atoms with Gasteiger partial charge >= 0.3 is 0 Å². The molecule has 16 heavy (non-hydrogen) atoms. The lowest BCUT2D eigenvalue weighted by Gasteiger charge is -1.92. The van der Waals surface area contributed by atoms with Crippen LogP contribution in [0, 0.1) is 11.3 Å². The number of nitriles is 1. The van der Waals surface area contributed by atoms with E-state index in [1.807, 2.05) is 25.1 Å². The molecule has 0 saturated carbocycles. The molecule has 0 amide bonds. The van der Waals surface area contributed by atoms with Crippen molar-refractivity contribution in [3.63, 3.8) is 0 Å². The van der Waals surface area contributed by atoms with Crippen LogP contribution >= 0.6 is 0 Å². The zero-order valence-electron chi connectivity index (χ0n) is 8.86. The Hall–Kier alpha value is -2.41. The molecule has 1 N–H and O–H groups in total. The SMILES string of the molecule is C=Nc1[nH]c2cnc(C#N)cc2c1/C=C\C. The van der Waals surface area contributed by atoms with Crippen molar-refractivity contribution in [2.75, 3.05) is 0 Å². The molecule has 0 aliphatic heterocycles. The van der Waals surface area contributed by atoms with Crippen LogP contribution in [-0.4, -0.2) is 16.7 Å². The van der Waals surface area contributed by atoms with Crippen molar-refractivity contribution in [1.82, 2.24) is 9.97 Å². The molecule has 0 aromatic carbocycles. The first-order chi connectivity index (χ1) is 7.80. The number of aromatic amines is 1. The summed E-state index contributed by atoms with van der Waals surface area (Å²) in [5.74, 6) is 0.699. The first-order valence-electron chi connectivity index (χ1n) is 4.81. The van der Waals surface area contributed by atoms with E-state index in [2.05, 4.69) is 21.7 Å². The highest BCUT2D eigenvalue weighted by molar-refractivity contribution is 5.94. The summed E-state index contributed by atoms with van der Waals surface area (Å²) in [6.07, 6.45) is 5.49. The van der Waals surface area contributed by atoms with Gasteiger partial charge in [0.05, 0.1) is 11.7 Å². The highest BCUT2D eigenvalue weighted by atomic mass is 14.9. The minimum absolute atomic E-state index is 0.396. The Morgan fingerprint density at radius 1 is 1.62 bits per heavy atom. The van der Waals surface area contributed by atoms with Crippen LogP contribution in [0.15, 0.2) is 23.3 Å². The Labute approximate surface area is 93.0 Å². The molecule has 0 aliphatic rings. The van der Waals surface area contributed by atoms with Crippen LogP contribution in [0.2, 0.25) is 0 Å². The van der Waals surface area contributed by atoms with Gasteiger partial charge in [-0.2, -0.15) is 5.26 Å². The number of nitrogens with one attached hydrogen (secondary N) is 1.